The topological polar surface area (TPSA) is 88.2 Å². The number of amides is 4. The predicted octanol–water partition coefficient (Wildman–Crippen LogP) is 3.43. The second-order valence-electron chi connectivity index (χ2n) is 9.52. The fraction of sp³-hybridized carbons (Fsp3) is 0.444. The Bertz CT molecular complexity index is 1140. The number of rotatable bonds is 5. The minimum Gasteiger partial charge on any atom is -0.493 e. The van der Waals surface area contributed by atoms with Crippen molar-refractivity contribution in [1.29, 1.82) is 0 Å². The summed E-state index contributed by atoms with van der Waals surface area (Å²) in [5.41, 5.74) is 2.15. The molecule has 2 heterocycles. The number of hydrogen-bond donors (Lipinski definition) is 1. The van der Waals surface area contributed by atoms with Crippen LogP contribution in [0.5, 0.6) is 11.5 Å². The van der Waals surface area contributed by atoms with E-state index < -0.39 is 11.6 Å². The maximum absolute atomic E-state index is 13.7. The van der Waals surface area contributed by atoms with Crippen LogP contribution in [0.25, 0.3) is 0 Å². The second kappa shape index (κ2) is 9.24. The first-order chi connectivity index (χ1) is 17.0. The summed E-state index contributed by atoms with van der Waals surface area (Å²) >= 11 is 0. The van der Waals surface area contributed by atoms with Crippen molar-refractivity contribution in [2.45, 2.75) is 50.1 Å². The molecule has 1 aliphatic carbocycles. The lowest BCUT2D eigenvalue weighted by atomic mass is 9.82. The van der Waals surface area contributed by atoms with Crippen molar-refractivity contribution in [3.05, 3.63) is 59.2 Å². The zero-order valence-electron chi connectivity index (χ0n) is 20.2. The molecule has 2 aromatic rings. The number of nitrogens with zero attached hydrogens (tertiary/aromatic N) is 2. The molecule has 1 N–H and O–H groups in total. The Balaban J connectivity index is 1.46. The first kappa shape index (κ1) is 23.2. The molecule has 0 radical (unpaired) electrons. The molecule has 35 heavy (non-hydrogen) atoms. The molecule has 1 saturated heterocycles. The largest absolute Gasteiger partial charge is 0.493 e. The number of imide groups is 1. The van der Waals surface area contributed by atoms with Gasteiger partial charge in [0.25, 0.3) is 5.91 Å². The molecule has 1 atom stereocenters. The van der Waals surface area contributed by atoms with E-state index >= 15 is 0 Å². The van der Waals surface area contributed by atoms with Gasteiger partial charge in [0, 0.05) is 6.54 Å². The van der Waals surface area contributed by atoms with Gasteiger partial charge >= 0.3 is 6.03 Å². The molecule has 4 amide bonds. The van der Waals surface area contributed by atoms with Crippen LogP contribution < -0.4 is 14.8 Å². The van der Waals surface area contributed by atoms with E-state index in [-0.39, 0.29) is 24.4 Å². The van der Waals surface area contributed by atoms with Crippen LogP contribution in [0.3, 0.4) is 0 Å². The number of methoxy groups -OCH3 is 2. The SMILES string of the molecule is COc1cc2c(cc1OC)[C@@H](c1ccccc1)N(C(=O)CN1C(=O)NC3(CCCCC3)C1=O)CC2. The van der Waals surface area contributed by atoms with Crippen LogP contribution in [-0.4, -0.2) is 60.5 Å². The number of fused-ring (bicyclic) bond motifs is 1. The van der Waals surface area contributed by atoms with Crippen LogP contribution in [0.1, 0.15) is 54.8 Å². The minimum absolute atomic E-state index is 0.254. The van der Waals surface area contributed by atoms with Crippen molar-refractivity contribution in [2.75, 3.05) is 27.3 Å². The molecule has 1 saturated carbocycles. The molecule has 8 nitrogen and oxygen atoms in total. The monoisotopic (exact) mass is 477 g/mol. The Labute approximate surface area is 205 Å². The highest BCUT2D eigenvalue weighted by molar-refractivity contribution is 6.09. The predicted molar refractivity (Wildman–Crippen MR) is 129 cm³/mol. The highest BCUT2D eigenvalue weighted by Gasteiger charge is 2.52. The summed E-state index contributed by atoms with van der Waals surface area (Å²) < 4.78 is 11.0. The summed E-state index contributed by atoms with van der Waals surface area (Å²) in [4.78, 5) is 42.6. The van der Waals surface area contributed by atoms with Gasteiger partial charge in [-0.05, 0) is 48.1 Å². The Kier molecular flexibility index (Phi) is 6.13. The van der Waals surface area contributed by atoms with Crippen LogP contribution in [0.2, 0.25) is 0 Å². The van der Waals surface area contributed by atoms with E-state index in [1.807, 2.05) is 42.5 Å². The standard InChI is InChI=1S/C27H31N3O5/c1-34-21-15-19-11-14-29(24(18-9-5-3-6-10-18)20(19)16-22(21)35-2)23(31)17-30-25(32)27(28-26(30)33)12-7-4-8-13-27/h3,5-6,9-10,15-16,24H,4,7-8,11-14,17H2,1-2H3,(H,28,33)/t24-/m1/s1. The highest BCUT2D eigenvalue weighted by Crippen LogP contribution is 2.41. The van der Waals surface area contributed by atoms with Gasteiger partial charge in [0.05, 0.1) is 20.3 Å². The summed E-state index contributed by atoms with van der Waals surface area (Å²) in [6.45, 7) is 0.202. The van der Waals surface area contributed by atoms with E-state index in [1.165, 1.54) is 0 Å². The zero-order valence-corrected chi connectivity index (χ0v) is 20.2. The lowest BCUT2D eigenvalue weighted by Gasteiger charge is -2.38. The summed E-state index contributed by atoms with van der Waals surface area (Å²) in [7, 11) is 3.20. The van der Waals surface area contributed by atoms with E-state index in [4.69, 9.17) is 9.47 Å². The normalized spacial score (nSPS) is 21.0. The van der Waals surface area contributed by atoms with Crippen molar-refractivity contribution in [3.63, 3.8) is 0 Å². The van der Waals surface area contributed by atoms with E-state index in [2.05, 4.69) is 5.32 Å². The molecule has 0 unspecified atom stereocenters. The van der Waals surface area contributed by atoms with Crippen molar-refractivity contribution in [3.8, 4) is 11.5 Å². The second-order valence-corrected chi connectivity index (χ2v) is 9.52. The van der Waals surface area contributed by atoms with Crippen LogP contribution in [0.15, 0.2) is 42.5 Å². The molecule has 2 aliphatic heterocycles. The van der Waals surface area contributed by atoms with E-state index in [9.17, 15) is 14.4 Å². The summed E-state index contributed by atoms with van der Waals surface area (Å²) in [5.74, 6) is 0.719. The number of carbonyl (C=O) groups is 3. The maximum Gasteiger partial charge on any atom is 0.325 e. The summed E-state index contributed by atoms with van der Waals surface area (Å²) in [6.07, 6.45) is 4.76. The van der Waals surface area contributed by atoms with Gasteiger partial charge in [-0.15, -0.1) is 0 Å². The van der Waals surface area contributed by atoms with Crippen molar-refractivity contribution in [1.82, 2.24) is 15.1 Å². The molecule has 3 aliphatic rings. The van der Waals surface area contributed by atoms with Crippen molar-refractivity contribution >= 4 is 17.8 Å². The van der Waals surface area contributed by atoms with Gasteiger partial charge < -0.3 is 19.7 Å². The van der Waals surface area contributed by atoms with E-state index in [0.29, 0.717) is 37.3 Å². The third-order valence-electron chi connectivity index (χ3n) is 7.56. The molecule has 8 heteroatoms. The third kappa shape index (κ3) is 4.00. The van der Waals surface area contributed by atoms with Crippen molar-refractivity contribution in [2.24, 2.45) is 0 Å². The van der Waals surface area contributed by atoms with Gasteiger partial charge in [-0.3, -0.25) is 14.5 Å². The van der Waals surface area contributed by atoms with Gasteiger partial charge in [-0.25, -0.2) is 4.79 Å². The number of hydrogen-bond acceptors (Lipinski definition) is 5. The molecule has 0 aromatic heterocycles. The first-order valence-electron chi connectivity index (χ1n) is 12.2. The van der Waals surface area contributed by atoms with E-state index in [0.717, 1.165) is 40.9 Å². The van der Waals surface area contributed by atoms with Gasteiger partial charge in [0.2, 0.25) is 5.91 Å². The smallest absolute Gasteiger partial charge is 0.325 e. The molecule has 2 aromatic carbocycles. The van der Waals surface area contributed by atoms with Gasteiger partial charge in [0.1, 0.15) is 12.1 Å². The highest BCUT2D eigenvalue weighted by atomic mass is 16.5. The quantitative estimate of drug-likeness (QED) is 0.667. The Morgan fingerprint density at radius 1 is 1.03 bits per heavy atom. The molecule has 184 valence electrons. The number of carbonyl (C=O) groups excluding carboxylic acids is 3. The third-order valence-corrected chi connectivity index (χ3v) is 7.56. The number of nitrogens with one attached hydrogen (secondary N) is 1. The van der Waals surface area contributed by atoms with E-state index in [1.54, 1.807) is 19.1 Å². The van der Waals surface area contributed by atoms with Crippen LogP contribution in [0, 0.1) is 0 Å². The fourth-order valence-electron chi connectivity index (χ4n) is 5.75. The number of urea groups is 1. The van der Waals surface area contributed by atoms with Crippen LogP contribution >= 0.6 is 0 Å². The average molecular weight is 478 g/mol. The summed E-state index contributed by atoms with van der Waals surface area (Å²) in [6, 6.07) is 12.9. The average Bonchev–Trinajstić information content (AvgIpc) is 3.11. The van der Waals surface area contributed by atoms with Crippen molar-refractivity contribution < 1.29 is 23.9 Å². The molecule has 5 rings (SSSR count). The lowest BCUT2D eigenvalue weighted by molar-refractivity contribution is -0.140. The molecule has 1 spiro atoms. The maximum atomic E-state index is 13.7. The Hall–Kier alpha value is -3.55. The Morgan fingerprint density at radius 3 is 2.40 bits per heavy atom. The molecule has 0 bridgehead atoms. The fourth-order valence-corrected chi connectivity index (χ4v) is 5.75. The Morgan fingerprint density at radius 2 is 1.71 bits per heavy atom. The van der Waals surface area contributed by atoms with Gasteiger partial charge in [0.15, 0.2) is 11.5 Å². The van der Waals surface area contributed by atoms with Gasteiger partial charge in [-0.2, -0.15) is 0 Å². The summed E-state index contributed by atoms with van der Waals surface area (Å²) in [5, 5.41) is 2.90. The molecular formula is C27H31N3O5. The number of ether oxygens (including phenoxy) is 2. The number of benzene rings is 2. The van der Waals surface area contributed by atoms with Crippen LogP contribution in [0.4, 0.5) is 4.79 Å². The first-order valence-corrected chi connectivity index (χ1v) is 12.2. The molecule has 2 fully saturated rings. The van der Waals surface area contributed by atoms with Crippen LogP contribution in [-0.2, 0) is 16.0 Å². The minimum atomic E-state index is -0.840. The lowest BCUT2D eigenvalue weighted by Crippen LogP contribution is -2.50. The zero-order chi connectivity index (χ0) is 24.6. The van der Waals surface area contributed by atoms with Gasteiger partial charge in [-0.1, -0.05) is 49.6 Å². The molecular weight excluding hydrogens is 446 g/mol.